The van der Waals surface area contributed by atoms with Gasteiger partial charge in [0.25, 0.3) is 0 Å². The van der Waals surface area contributed by atoms with Gasteiger partial charge in [-0.3, -0.25) is 4.79 Å². The first-order valence-electron chi connectivity index (χ1n) is 6.21. The maximum Gasteiger partial charge on any atom is 0.325 e. The van der Waals surface area contributed by atoms with Crippen LogP contribution in [0.15, 0.2) is 24.3 Å². The number of rotatable bonds is 6. The molecule has 0 saturated carbocycles. The molecule has 0 bridgehead atoms. The molecule has 0 spiro atoms. The van der Waals surface area contributed by atoms with Crippen molar-refractivity contribution >= 4 is 11.7 Å². The summed E-state index contributed by atoms with van der Waals surface area (Å²) < 4.78 is 18.2. The van der Waals surface area contributed by atoms with Gasteiger partial charge >= 0.3 is 5.97 Å². The van der Waals surface area contributed by atoms with Crippen molar-refractivity contribution in [3.05, 3.63) is 30.1 Å². The fourth-order valence-electron chi connectivity index (χ4n) is 1.90. The zero-order chi connectivity index (χ0) is 14.5. The molecule has 0 aromatic heterocycles. The number of carbonyl (C=O) groups is 1. The van der Waals surface area contributed by atoms with Gasteiger partial charge in [0.2, 0.25) is 0 Å². The minimum atomic E-state index is -0.995. The molecule has 0 aliphatic carbocycles. The number of methoxy groups -OCH3 is 1. The van der Waals surface area contributed by atoms with E-state index >= 15 is 0 Å². The van der Waals surface area contributed by atoms with E-state index < -0.39 is 11.5 Å². The molecular formula is C14H21FN2O2. The van der Waals surface area contributed by atoms with Crippen molar-refractivity contribution < 1.29 is 13.9 Å². The van der Waals surface area contributed by atoms with Gasteiger partial charge in [-0.05, 0) is 31.9 Å². The Morgan fingerprint density at radius 3 is 2.68 bits per heavy atom. The minimum Gasteiger partial charge on any atom is -0.468 e. The zero-order valence-electron chi connectivity index (χ0n) is 11.6. The number of halogens is 1. The average Bonchev–Trinajstić information content (AvgIpc) is 2.37. The molecule has 19 heavy (non-hydrogen) atoms. The summed E-state index contributed by atoms with van der Waals surface area (Å²) in [6, 6.07) is 6.59. The molecule has 0 aliphatic rings. The van der Waals surface area contributed by atoms with Crippen LogP contribution in [0.4, 0.5) is 10.1 Å². The van der Waals surface area contributed by atoms with Gasteiger partial charge in [0.15, 0.2) is 0 Å². The molecule has 1 atom stereocenters. The molecule has 1 aromatic rings. The van der Waals surface area contributed by atoms with E-state index in [0.29, 0.717) is 25.1 Å². The van der Waals surface area contributed by atoms with Crippen LogP contribution in [0.2, 0.25) is 0 Å². The molecule has 106 valence electrons. The van der Waals surface area contributed by atoms with E-state index in [0.717, 1.165) is 0 Å². The number of para-hydroxylation sites is 1. The number of nitrogens with two attached hydrogens (primary N) is 1. The number of ether oxygens (including phenoxy) is 1. The largest absolute Gasteiger partial charge is 0.468 e. The summed E-state index contributed by atoms with van der Waals surface area (Å²) in [7, 11) is 3.13. The topological polar surface area (TPSA) is 55.6 Å². The predicted molar refractivity (Wildman–Crippen MR) is 73.5 cm³/mol. The lowest BCUT2D eigenvalue weighted by Crippen LogP contribution is -2.46. The van der Waals surface area contributed by atoms with Crippen LogP contribution in [0.1, 0.15) is 19.8 Å². The van der Waals surface area contributed by atoms with Gasteiger partial charge in [0, 0.05) is 13.6 Å². The van der Waals surface area contributed by atoms with Crippen molar-refractivity contribution in [1.82, 2.24) is 0 Å². The highest BCUT2D eigenvalue weighted by Gasteiger charge is 2.28. The van der Waals surface area contributed by atoms with Crippen molar-refractivity contribution in [3.8, 4) is 0 Å². The van der Waals surface area contributed by atoms with Crippen LogP contribution < -0.4 is 10.6 Å². The third kappa shape index (κ3) is 4.21. The summed E-state index contributed by atoms with van der Waals surface area (Å²) >= 11 is 0. The van der Waals surface area contributed by atoms with E-state index in [1.54, 1.807) is 25.1 Å². The van der Waals surface area contributed by atoms with Crippen molar-refractivity contribution in [2.75, 3.05) is 25.6 Å². The molecule has 2 N–H and O–H groups in total. The summed E-state index contributed by atoms with van der Waals surface area (Å²) in [6.45, 7) is 2.26. The molecule has 5 heteroatoms. The second kappa shape index (κ2) is 6.52. The average molecular weight is 268 g/mol. The van der Waals surface area contributed by atoms with Crippen molar-refractivity contribution in [2.45, 2.75) is 25.3 Å². The Hall–Kier alpha value is -1.62. The van der Waals surface area contributed by atoms with Gasteiger partial charge in [-0.25, -0.2) is 4.39 Å². The van der Waals surface area contributed by atoms with Crippen LogP contribution in [-0.2, 0) is 9.53 Å². The monoisotopic (exact) mass is 268 g/mol. The maximum atomic E-state index is 13.5. The first-order chi connectivity index (χ1) is 8.88. The highest BCUT2D eigenvalue weighted by Crippen LogP contribution is 2.18. The van der Waals surface area contributed by atoms with Crippen LogP contribution in [0, 0.1) is 5.82 Å². The number of hydrogen-bond donors (Lipinski definition) is 1. The van der Waals surface area contributed by atoms with Gasteiger partial charge < -0.3 is 15.4 Å². The van der Waals surface area contributed by atoms with Crippen LogP contribution in [-0.4, -0.2) is 32.2 Å². The Morgan fingerprint density at radius 2 is 2.11 bits per heavy atom. The van der Waals surface area contributed by atoms with Gasteiger partial charge in [-0.2, -0.15) is 0 Å². The van der Waals surface area contributed by atoms with Crippen LogP contribution in [0.5, 0.6) is 0 Å². The highest BCUT2D eigenvalue weighted by atomic mass is 19.1. The third-order valence-electron chi connectivity index (χ3n) is 3.11. The molecule has 0 saturated heterocycles. The molecule has 1 aromatic carbocycles. The Labute approximate surface area is 113 Å². The Kier molecular flexibility index (Phi) is 5.30. The molecule has 1 unspecified atom stereocenters. The second-order valence-electron chi connectivity index (χ2n) is 4.89. The van der Waals surface area contributed by atoms with Crippen molar-refractivity contribution in [2.24, 2.45) is 5.73 Å². The molecular weight excluding hydrogens is 247 g/mol. The summed E-state index contributed by atoms with van der Waals surface area (Å²) in [5, 5.41) is 0. The van der Waals surface area contributed by atoms with Crippen LogP contribution in [0.3, 0.4) is 0 Å². The van der Waals surface area contributed by atoms with Gasteiger partial charge in [-0.1, -0.05) is 12.1 Å². The number of anilines is 1. The number of benzene rings is 1. The number of nitrogens with zero attached hydrogens (tertiary/aromatic N) is 1. The van der Waals surface area contributed by atoms with Gasteiger partial charge in [-0.15, -0.1) is 0 Å². The number of carbonyl (C=O) groups excluding carboxylic acids is 1. The van der Waals surface area contributed by atoms with Crippen LogP contribution >= 0.6 is 0 Å². The lowest BCUT2D eigenvalue weighted by Gasteiger charge is -2.24. The van der Waals surface area contributed by atoms with Crippen LogP contribution in [0.25, 0.3) is 0 Å². The number of hydrogen-bond acceptors (Lipinski definition) is 4. The predicted octanol–water partition coefficient (Wildman–Crippen LogP) is 1.93. The molecule has 0 radical (unpaired) electrons. The fraction of sp³-hybridized carbons (Fsp3) is 0.500. The summed E-state index contributed by atoms with van der Waals surface area (Å²) in [5.74, 6) is -0.686. The Balaban J connectivity index is 2.50. The SMILES string of the molecule is COC(=O)C(C)(N)CCCN(C)c1ccccc1F. The molecule has 0 aliphatic heterocycles. The van der Waals surface area contributed by atoms with E-state index in [-0.39, 0.29) is 5.82 Å². The molecule has 1 rings (SSSR count). The number of esters is 1. The minimum absolute atomic E-state index is 0.256. The van der Waals surface area contributed by atoms with E-state index in [1.807, 2.05) is 11.9 Å². The molecule has 4 nitrogen and oxygen atoms in total. The lowest BCUT2D eigenvalue weighted by atomic mass is 9.97. The van der Waals surface area contributed by atoms with E-state index in [9.17, 15) is 9.18 Å². The van der Waals surface area contributed by atoms with Crippen molar-refractivity contribution in [3.63, 3.8) is 0 Å². The summed E-state index contributed by atoms with van der Waals surface area (Å²) in [4.78, 5) is 13.2. The molecule has 0 heterocycles. The van der Waals surface area contributed by atoms with E-state index in [1.165, 1.54) is 13.2 Å². The summed E-state index contributed by atoms with van der Waals surface area (Å²) in [6.07, 6.45) is 1.16. The normalized spacial score (nSPS) is 13.7. The van der Waals surface area contributed by atoms with E-state index in [2.05, 4.69) is 4.74 Å². The first-order valence-corrected chi connectivity index (χ1v) is 6.21. The standard InChI is InChI=1S/C14H21FN2O2/c1-14(16,13(18)19-3)9-6-10-17(2)12-8-5-4-7-11(12)15/h4-5,7-8H,6,9-10,16H2,1-3H3. The quantitative estimate of drug-likeness (QED) is 0.801. The highest BCUT2D eigenvalue weighted by molar-refractivity contribution is 5.79. The fourth-order valence-corrected chi connectivity index (χ4v) is 1.90. The zero-order valence-corrected chi connectivity index (χ0v) is 11.6. The van der Waals surface area contributed by atoms with Gasteiger partial charge in [0.1, 0.15) is 11.4 Å². The van der Waals surface area contributed by atoms with Crippen molar-refractivity contribution in [1.29, 1.82) is 0 Å². The third-order valence-corrected chi connectivity index (χ3v) is 3.11. The molecule has 0 amide bonds. The van der Waals surface area contributed by atoms with Gasteiger partial charge in [0.05, 0.1) is 12.8 Å². The lowest BCUT2D eigenvalue weighted by molar-refractivity contribution is -0.146. The smallest absolute Gasteiger partial charge is 0.325 e. The summed E-state index contributed by atoms with van der Waals surface area (Å²) in [5.41, 5.74) is 5.40. The Morgan fingerprint density at radius 1 is 1.47 bits per heavy atom. The second-order valence-corrected chi connectivity index (χ2v) is 4.89. The first kappa shape index (κ1) is 15.4. The Bertz CT molecular complexity index is 435. The molecule has 0 fully saturated rings. The van der Waals surface area contributed by atoms with E-state index in [4.69, 9.17) is 5.73 Å². The maximum absolute atomic E-state index is 13.5.